The summed E-state index contributed by atoms with van der Waals surface area (Å²) in [7, 11) is 2.07. The maximum absolute atomic E-state index is 12.0. The maximum Gasteiger partial charge on any atom is 0.234 e. The minimum absolute atomic E-state index is 0.0442. The van der Waals surface area contributed by atoms with Crippen LogP contribution >= 0.6 is 0 Å². The molecule has 0 unspecified atom stereocenters. The van der Waals surface area contributed by atoms with Crippen LogP contribution in [0.4, 0.5) is 0 Å². The van der Waals surface area contributed by atoms with E-state index < -0.39 is 0 Å². The van der Waals surface area contributed by atoms with E-state index in [9.17, 15) is 4.79 Å². The molecule has 0 radical (unpaired) electrons. The number of amides is 1. The highest BCUT2D eigenvalue weighted by atomic mass is 16.2. The lowest BCUT2D eigenvalue weighted by atomic mass is 9.74. The summed E-state index contributed by atoms with van der Waals surface area (Å²) in [6.07, 6.45) is 8.60. The van der Waals surface area contributed by atoms with E-state index in [1.54, 1.807) is 0 Å². The zero-order chi connectivity index (χ0) is 14.6. The monoisotopic (exact) mass is 281 g/mol. The van der Waals surface area contributed by atoms with Crippen molar-refractivity contribution in [2.45, 2.75) is 57.4 Å². The third kappa shape index (κ3) is 3.95. The lowest BCUT2D eigenvalue weighted by Crippen LogP contribution is -2.56. The molecular weight excluding hydrogens is 250 g/mol. The van der Waals surface area contributed by atoms with E-state index in [-0.39, 0.29) is 11.4 Å². The molecule has 2 aliphatic carbocycles. The third-order valence-electron chi connectivity index (χ3n) is 5.47. The van der Waals surface area contributed by atoms with Crippen molar-refractivity contribution >= 4 is 5.91 Å². The molecular formula is C16H31N3O. The van der Waals surface area contributed by atoms with Gasteiger partial charge in [0.05, 0.1) is 6.54 Å². The Bertz CT molecular complexity index is 320. The summed E-state index contributed by atoms with van der Waals surface area (Å²) >= 11 is 0. The molecule has 0 heterocycles. The number of carbonyl (C=O) groups is 1. The van der Waals surface area contributed by atoms with Crippen molar-refractivity contribution in [3.63, 3.8) is 0 Å². The van der Waals surface area contributed by atoms with Gasteiger partial charge in [0.25, 0.3) is 0 Å². The molecule has 0 saturated heterocycles. The standard InChI is InChI=1S/C16H31N3O/c1-3-13-6-8-16(12-17,9-7-13)19(2)11-15(20)18-10-14-4-5-14/h13-14H,3-12,17H2,1-2H3,(H,18,20). The molecule has 0 atom stereocenters. The topological polar surface area (TPSA) is 58.4 Å². The number of hydrogen-bond acceptors (Lipinski definition) is 3. The second-order valence-electron chi connectivity index (χ2n) is 6.88. The first-order valence-electron chi connectivity index (χ1n) is 8.27. The summed E-state index contributed by atoms with van der Waals surface area (Å²) in [4.78, 5) is 14.2. The molecule has 0 aromatic rings. The smallest absolute Gasteiger partial charge is 0.234 e. The van der Waals surface area contributed by atoms with Gasteiger partial charge in [-0.2, -0.15) is 0 Å². The summed E-state index contributed by atoms with van der Waals surface area (Å²) in [6, 6.07) is 0. The number of nitrogens with one attached hydrogen (secondary N) is 1. The Morgan fingerprint density at radius 3 is 2.40 bits per heavy atom. The average Bonchev–Trinajstić information content (AvgIpc) is 3.29. The fourth-order valence-corrected chi connectivity index (χ4v) is 3.38. The zero-order valence-electron chi connectivity index (χ0n) is 13.2. The average molecular weight is 281 g/mol. The van der Waals surface area contributed by atoms with E-state index in [0.29, 0.717) is 13.1 Å². The zero-order valence-corrected chi connectivity index (χ0v) is 13.2. The predicted octanol–water partition coefficient (Wildman–Crippen LogP) is 1.74. The highest BCUT2D eigenvalue weighted by molar-refractivity contribution is 5.78. The van der Waals surface area contributed by atoms with Crippen LogP contribution in [0.15, 0.2) is 0 Å². The van der Waals surface area contributed by atoms with E-state index in [1.165, 1.54) is 32.1 Å². The normalized spacial score (nSPS) is 30.5. The lowest BCUT2D eigenvalue weighted by molar-refractivity contribution is -0.123. The van der Waals surface area contributed by atoms with Crippen LogP contribution in [0.1, 0.15) is 51.9 Å². The third-order valence-corrected chi connectivity index (χ3v) is 5.47. The van der Waals surface area contributed by atoms with Crippen LogP contribution in [0.25, 0.3) is 0 Å². The first-order valence-corrected chi connectivity index (χ1v) is 8.27. The van der Waals surface area contributed by atoms with Crippen LogP contribution in [0.2, 0.25) is 0 Å². The highest BCUT2D eigenvalue weighted by Crippen LogP contribution is 2.36. The summed E-state index contributed by atoms with van der Waals surface area (Å²) < 4.78 is 0. The number of carbonyl (C=O) groups excluding carboxylic acids is 1. The Hall–Kier alpha value is -0.610. The number of rotatable bonds is 7. The van der Waals surface area contributed by atoms with Crippen molar-refractivity contribution in [3.05, 3.63) is 0 Å². The minimum Gasteiger partial charge on any atom is -0.355 e. The molecule has 3 N–H and O–H groups in total. The minimum atomic E-state index is 0.0442. The second kappa shape index (κ2) is 6.90. The van der Waals surface area contributed by atoms with Gasteiger partial charge in [-0.05, 0) is 57.4 Å². The Labute approximate surface area is 123 Å². The summed E-state index contributed by atoms with van der Waals surface area (Å²) in [5.74, 6) is 1.75. The molecule has 0 spiro atoms. The number of hydrogen-bond donors (Lipinski definition) is 2. The molecule has 2 fully saturated rings. The molecule has 20 heavy (non-hydrogen) atoms. The Morgan fingerprint density at radius 2 is 1.90 bits per heavy atom. The van der Waals surface area contributed by atoms with E-state index >= 15 is 0 Å². The van der Waals surface area contributed by atoms with Crippen LogP contribution in [-0.2, 0) is 4.79 Å². The Balaban J connectivity index is 1.81. The number of likely N-dealkylation sites (N-methyl/N-ethyl adjacent to an activating group) is 1. The van der Waals surface area contributed by atoms with Crippen LogP contribution in [-0.4, -0.2) is 43.0 Å². The van der Waals surface area contributed by atoms with Gasteiger partial charge in [0.1, 0.15) is 0 Å². The van der Waals surface area contributed by atoms with Gasteiger partial charge in [-0.3, -0.25) is 9.69 Å². The Kier molecular flexibility index (Phi) is 5.44. The molecule has 0 aromatic carbocycles. The molecule has 116 valence electrons. The molecule has 4 heteroatoms. The van der Waals surface area contributed by atoms with Crippen molar-refractivity contribution in [2.24, 2.45) is 17.6 Å². The van der Waals surface area contributed by atoms with E-state index in [4.69, 9.17) is 5.73 Å². The van der Waals surface area contributed by atoms with E-state index in [1.807, 2.05) is 0 Å². The van der Waals surface area contributed by atoms with Crippen molar-refractivity contribution in [2.75, 3.05) is 26.7 Å². The van der Waals surface area contributed by atoms with Crippen LogP contribution in [0, 0.1) is 11.8 Å². The van der Waals surface area contributed by atoms with Crippen molar-refractivity contribution in [1.82, 2.24) is 10.2 Å². The number of nitrogens with zero attached hydrogens (tertiary/aromatic N) is 1. The molecule has 1 amide bonds. The first-order chi connectivity index (χ1) is 9.59. The van der Waals surface area contributed by atoms with E-state index in [2.05, 4.69) is 24.2 Å². The predicted molar refractivity (Wildman–Crippen MR) is 82.4 cm³/mol. The van der Waals surface area contributed by atoms with Crippen molar-refractivity contribution in [1.29, 1.82) is 0 Å². The lowest BCUT2D eigenvalue weighted by Gasteiger charge is -2.45. The van der Waals surface area contributed by atoms with Gasteiger partial charge >= 0.3 is 0 Å². The molecule has 0 aliphatic heterocycles. The van der Waals surface area contributed by atoms with Gasteiger partial charge < -0.3 is 11.1 Å². The van der Waals surface area contributed by atoms with Crippen molar-refractivity contribution in [3.8, 4) is 0 Å². The van der Waals surface area contributed by atoms with Gasteiger partial charge in [-0.1, -0.05) is 13.3 Å². The Morgan fingerprint density at radius 1 is 1.25 bits per heavy atom. The second-order valence-corrected chi connectivity index (χ2v) is 6.88. The molecule has 0 aromatic heterocycles. The summed E-state index contributed by atoms with van der Waals surface area (Å²) in [5.41, 5.74) is 6.10. The van der Waals surface area contributed by atoms with Gasteiger partial charge in [0.2, 0.25) is 5.91 Å². The first kappa shape index (κ1) is 15.8. The molecule has 4 nitrogen and oxygen atoms in total. The SMILES string of the molecule is CCC1CCC(CN)(N(C)CC(=O)NCC2CC2)CC1. The molecule has 0 bridgehead atoms. The van der Waals surface area contributed by atoms with Gasteiger partial charge in [0.15, 0.2) is 0 Å². The summed E-state index contributed by atoms with van der Waals surface area (Å²) in [6.45, 7) is 4.28. The highest BCUT2D eigenvalue weighted by Gasteiger charge is 2.37. The van der Waals surface area contributed by atoms with Gasteiger partial charge in [0, 0.05) is 18.6 Å². The fraction of sp³-hybridized carbons (Fsp3) is 0.938. The van der Waals surface area contributed by atoms with Crippen molar-refractivity contribution < 1.29 is 4.79 Å². The fourth-order valence-electron chi connectivity index (χ4n) is 3.38. The largest absolute Gasteiger partial charge is 0.355 e. The van der Waals surface area contributed by atoms with Gasteiger partial charge in [-0.25, -0.2) is 0 Å². The molecule has 2 saturated carbocycles. The van der Waals surface area contributed by atoms with Crippen LogP contribution < -0.4 is 11.1 Å². The van der Waals surface area contributed by atoms with E-state index in [0.717, 1.165) is 31.2 Å². The number of nitrogens with two attached hydrogens (primary N) is 1. The summed E-state index contributed by atoms with van der Waals surface area (Å²) in [5, 5.41) is 3.05. The van der Waals surface area contributed by atoms with Crippen LogP contribution in [0.5, 0.6) is 0 Å². The quantitative estimate of drug-likeness (QED) is 0.747. The molecule has 2 aliphatic rings. The molecule has 2 rings (SSSR count). The maximum atomic E-state index is 12.0. The van der Waals surface area contributed by atoms with Gasteiger partial charge in [-0.15, -0.1) is 0 Å². The van der Waals surface area contributed by atoms with Crippen LogP contribution in [0.3, 0.4) is 0 Å².